The Balaban J connectivity index is 2.63. The lowest BCUT2D eigenvalue weighted by Crippen LogP contribution is -1.92. The summed E-state index contributed by atoms with van der Waals surface area (Å²) in [6.45, 7) is 1.73. The zero-order chi connectivity index (χ0) is 8.97. The van der Waals surface area contributed by atoms with Crippen molar-refractivity contribution in [3.63, 3.8) is 0 Å². The first-order valence-electron chi connectivity index (χ1n) is 3.41. The molecule has 1 rings (SSSR count). The Bertz CT molecular complexity index is 301. The molecule has 0 bridgehead atoms. The van der Waals surface area contributed by atoms with Crippen LogP contribution in [-0.4, -0.2) is 18.1 Å². The first-order valence-corrected chi connectivity index (χ1v) is 3.41. The molecule has 0 fully saturated rings. The number of hydrogen-bond donors (Lipinski definition) is 0. The molecule has 64 valence electrons. The fourth-order valence-corrected chi connectivity index (χ4v) is 0.673. The topological polar surface area (TPSA) is 52.3 Å². The van der Waals surface area contributed by atoms with Gasteiger partial charge in [-0.15, -0.1) is 0 Å². The highest BCUT2D eigenvalue weighted by molar-refractivity contribution is 5.86. The number of carbonyl (C=O) groups is 1. The number of methoxy groups -OCH3 is 1. The second kappa shape index (κ2) is 3.71. The number of aryl methyl sites for hydroxylation is 1. The lowest BCUT2D eigenvalue weighted by Gasteiger charge is -1.87. The van der Waals surface area contributed by atoms with E-state index in [2.05, 4.69) is 9.72 Å². The summed E-state index contributed by atoms with van der Waals surface area (Å²) in [6, 6.07) is 0. The molecule has 0 radical (unpaired) electrons. The van der Waals surface area contributed by atoms with Crippen LogP contribution in [0.2, 0.25) is 0 Å². The zero-order valence-electron chi connectivity index (χ0n) is 6.90. The van der Waals surface area contributed by atoms with Gasteiger partial charge in [0.2, 0.25) is 0 Å². The maximum absolute atomic E-state index is 10.6. The van der Waals surface area contributed by atoms with E-state index in [4.69, 9.17) is 4.42 Å². The van der Waals surface area contributed by atoms with Crippen molar-refractivity contribution in [3.8, 4) is 0 Å². The number of rotatable bonds is 2. The van der Waals surface area contributed by atoms with E-state index in [1.807, 2.05) is 0 Å². The predicted molar refractivity (Wildman–Crippen MR) is 42.3 cm³/mol. The van der Waals surface area contributed by atoms with E-state index in [0.717, 1.165) is 0 Å². The number of nitrogens with zero attached hydrogens (tertiary/aromatic N) is 1. The molecule has 1 aromatic rings. The number of oxazole rings is 1. The van der Waals surface area contributed by atoms with Gasteiger partial charge in [-0.25, -0.2) is 9.78 Å². The maximum atomic E-state index is 10.6. The lowest BCUT2D eigenvalue weighted by molar-refractivity contribution is -0.134. The third-order valence-corrected chi connectivity index (χ3v) is 1.22. The fraction of sp³-hybridized carbons (Fsp3) is 0.250. The second-order valence-electron chi connectivity index (χ2n) is 2.14. The molecule has 0 aliphatic rings. The Labute approximate surface area is 69.9 Å². The molecule has 0 amide bonds. The van der Waals surface area contributed by atoms with Gasteiger partial charge in [-0.3, -0.25) is 0 Å². The first-order chi connectivity index (χ1) is 5.72. The molecule has 0 aliphatic heterocycles. The summed E-state index contributed by atoms with van der Waals surface area (Å²) in [4.78, 5) is 14.5. The summed E-state index contributed by atoms with van der Waals surface area (Å²) in [7, 11) is 1.32. The van der Waals surface area contributed by atoms with E-state index in [9.17, 15) is 4.79 Å². The smallest absolute Gasteiger partial charge is 0.330 e. The van der Waals surface area contributed by atoms with Gasteiger partial charge < -0.3 is 9.15 Å². The normalized spacial score (nSPS) is 10.5. The van der Waals surface area contributed by atoms with Crippen LogP contribution in [0.4, 0.5) is 0 Å². The quantitative estimate of drug-likeness (QED) is 0.490. The van der Waals surface area contributed by atoms with Crippen LogP contribution in [0.5, 0.6) is 0 Å². The highest BCUT2D eigenvalue weighted by Gasteiger charge is 1.96. The SMILES string of the molecule is COC(=O)/C=C/c1cnc(C)o1. The van der Waals surface area contributed by atoms with Crippen LogP contribution in [0.15, 0.2) is 16.7 Å². The summed E-state index contributed by atoms with van der Waals surface area (Å²) in [5.41, 5.74) is 0. The molecule has 4 heteroatoms. The minimum Gasteiger partial charge on any atom is -0.466 e. The van der Waals surface area contributed by atoms with Crippen LogP contribution in [0.1, 0.15) is 11.7 Å². The molecule has 1 aromatic heterocycles. The van der Waals surface area contributed by atoms with Crippen molar-refractivity contribution in [1.82, 2.24) is 4.98 Å². The van der Waals surface area contributed by atoms with E-state index in [0.29, 0.717) is 11.7 Å². The van der Waals surface area contributed by atoms with E-state index >= 15 is 0 Å². The van der Waals surface area contributed by atoms with E-state index in [-0.39, 0.29) is 0 Å². The van der Waals surface area contributed by atoms with Crippen LogP contribution in [-0.2, 0) is 9.53 Å². The summed E-state index contributed by atoms with van der Waals surface area (Å²) in [5.74, 6) is 0.696. The Morgan fingerprint density at radius 2 is 2.50 bits per heavy atom. The predicted octanol–water partition coefficient (Wildman–Crippen LogP) is 1.17. The van der Waals surface area contributed by atoms with E-state index in [1.54, 1.807) is 6.92 Å². The average Bonchev–Trinajstić information content (AvgIpc) is 2.47. The first kappa shape index (κ1) is 8.52. The number of esters is 1. The van der Waals surface area contributed by atoms with Crippen molar-refractivity contribution in [2.45, 2.75) is 6.92 Å². The molecule has 0 saturated heterocycles. The van der Waals surface area contributed by atoms with Crippen molar-refractivity contribution >= 4 is 12.0 Å². The van der Waals surface area contributed by atoms with Crippen molar-refractivity contribution in [1.29, 1.82) is 0 Å². The number of carbonyl (C=O) groups excluding carboxylic acids is 1. The molecule has 1 heterocycles. The Morgan fingerprint density at radius 1 is 1.75 bits per heavy atom. The van der Waals surface area contributed by atoms with Crippen molar-refractivity contribution < 1.29 is 13.9 Å². The molecule has 0 aliphatic carbocycles. The lowest BCUT2D eigenvalue weighted by atomic mass is 10.4. The molecule has 0 unspecified atom stereocenters. The fourth-order valence-electron chi connectivity index (χ4n) is 0.673. The monoisotopic (exact) mass is 167 g/mol. The van der Waals surface area contributed by atoms with Crippen molar-refractivity contribution in [2.24, 2.45) is 0 Å². The van der Waals surface area contributed by atoms with Gasteiger partial charge in [-0.1, -0.05) is 0 Å². The Hall–Kier alpha value is -1.58. The van der Waals surface area contributed by atoms with Crippen LogP contribution in [0.3, 0.4) is 0 Å². The number of ether oxygens (including phenoxy) is 1. The standard InChI is InChI=1S/C8H9NO3/c1-6-9-5-7(12-6)3-4-8(10)11-2/h3-5H,1-2H3/b4-3+. The number of hydrogen-bond acceptors (Lipinski definition) is 4. The molecule has 12 heavy (non-hydrogen) atoms. The molecule has 0 atom stereocenters. The molecule has 0 N–H and O–H groups in total. The third kappa shape index (κ3) is 2.23. The molecule has 0 aromatic carbocycles. The van der Waals surface area contributed by atoms with Crippen molar-refractivity contribution in [2.75, 3.05) is 7.11 Å². The molecule has 0 saturated carbocycles. The largest absolute Gasteiger partial charge is 0.466 e. The second-order valence-corrected chi connectivity index (χ2v) is 2.14. The maximum Gasteiger partial charge on any atom is 0.330 e. The summed E-state index contributed by atoms with van der Waals surface area (Å²) in [6.07, 6.45) is 4.32. The highest BCUT2D eigenvalue weighted by atomic mass is 16.5. The Kier molecular flexibility index (Phi) is 2.63. The summed E-state index contributed by atoms with van der Waals surface area (Å²) >= 11 is 0. The third-order valence-electron chi connectivity index (χ3n) is 1.22. The van der Waals surface area contributed by atoms with E-state index in [1.165, 1.54) is 25.5 Å². The molecule has 4 nitrogen and oxygen atoms in total. The van der Waals surface area contributed by atoms with Gasteiger partial charge in [-0.2, -0.15) is 0 Å². The molecule has 0 spiro atoms. The van der Waals surface area contributed by atoms with Crippen LogP contribution >= 0.6 is 0 Å². The van der Waals surface area contributed by atoms with Gasteiger partial charge in [0.25, 0.3) is 0 Å². The minimum atomic E-state index is -0.413. The Morgan fingerprint density at radius 3 is 3.00 bits per heavy atom. The van der Waals surface area contributed by atoms with E-state index < -0.39 is 5.97 Å². The van der Waals surface area contributed by atoms with Gasteiger partial charge in [-0.05, 0) is 6.08 Å². The van der Waals surface area contributed by atoms with Crippen LogP contribution < -0.4 is 0 Å². The number of aromatic nitrogens is 1. The summed E-state index contributed by atoms with van der Waals surface area (Å²) < 4.78 is 9.46. The van der Waals surface area contributed by atoms with Gasteiger partial charge >= 0.3 is 5.97 Å². The average molecular weight is 167 g/mol. The molecular weight excluding hydrogens is 158 g/mol. The van der Waals surface area contributed by atoms with Crippen LogP contribution in [0.25, 0.3) is 6.08 Å². The minimum absolute atomic E-state index is 0.413. The highest BCUT2D eigenvalue weighted by Crippen LogP contribution is 2.03. The van der Waals surface area contributed by atoms with Gasteiger partial charge in [0.05, 0.1) is 13.3 Å². The van der Waals surface area contributed by atoms with Gasteiger partial charge in [0, 0.05) is 13.0 Å². The van der Waals surface area contributed by atoms with Crippen LogP contribution in [0, 0.1) is 6.92 Å². The molecular formula is C8H9NO3. The zero-order valence-corrected chi connectivity index (χ0v) is 6.90. The van der Waals surface area contributed by atoms with Crippen molar-refractivity contribution in [3.05, 3.63) is 23.9 Å². The summed E-state index contributed by atoms with van der Waals surface area (Å²) in [5, 5.41) is 0. The van der Waals surface area contributed by atoms with Gasteiger partial charge in [0.15, 0.2) is 5.89 Å². The van der Waals surface area contributed by atoms with Gasteiger partial charge in [0.1, 0.15) is 5.76 Å².